The zero-order chi connectivity index (χ0) is 41.7. The van der Waals surface area contributed by atoms with Crippen LogP contribution in [0.3, 0.4) is 0 Å². The second-order valence-electron chi connectivity index (χ2n) is 17.3. The highest BCUT2D eigenvalue weighted by Crippen LogP contribution is 2.52. The molecule has 17 heteroatoms. The van der Waals surface area contributed by atoms with E-state index in [9.17, 15) is 24.3 Å². The highest BCUT2D eigenvalue weighted by molar-refractivity contribution is 7.14. The lowest BCUT2D eigenvalue weighted by Crippen LogP contribution is -2.59. The standard InChI is InChI=1S/C41H50ClN7O8S/c1-7-23-17-41(23,37(52)53)48-35(50)29-15-25(18-49(29)36(51)34(40(4,5)6)47-39(54)57-24-13-21-12-22(21)14-24)56-31-16-27(28-19-58-38(46-28)44-20(2)3)45-33-26(31)8-9-30(32(33)42)55-11-10-43/h8-9,16,19-25,29,34H,7,11-15,17-18H2,1-6H3,(H,44,46)(H,47,54)(H,48,50)(H,52,53)/t21-,22?,23+,24?,25-,29-,34?,41?/m0/s1. The largest absolute Gasteiger partial charge is 0.488 e. The number of amides is 3. The van der Waals surface area contributed by atoms with Crippen LogP contribution in [0.2, 0.25) is 5.02 Å². The number of benzene rings is 1. The highest BCUT2D eigenvalue weighted by Gasteiger charge is 2.61. The van der Waals surface area contributed by atoms with E-state index in [2.05, 4.69) is 16.0 Å². The SMILES string of the molecule is CC[C@@H]1CC1(NC(=O)[C@@H]1C[C@H](Oc2cc(-c3csc(NC(C)C)n3)nc3c(Cl)c(OCC#N)ccc23)CN1C(=O)C(NC(=O)OC1CC2C[C@H]2C1)C(C)(C)C)C(=O)O. The maximum atomic E-state index is 14.7. The van der Waals surface area contributed by atoms with Crippen molar-refractivity contribution >= 4 is 62.8 Å². The van der Waals surface area contributed by atoms with E-state index in [1.165, 1.54) is 16.2 Å². The molecule has 3 saturated carbocycles. The summed E-state index contributed by atoms with van der Waals surface area (Å²) in [4.78, 5) is 65.6. The van der Waals surface area contributed by atoms with E-state index < -0.39 is 53.0 Å². The molecule has 4 fully saturated rings. The number of ether oxygens (including phenoxy) is 3. The van der Waals surface area contributed by atoms with Crippen LogP contribution in [-0.2, 0) is 19.1 Å². The molecule has 58 heavy (non-hydrogen) atoms. The molecule has 4 unspecified atom stereocenters. The Balaban J connectivity index is 1.21. The van der Waals surface area contributed by atoms with Crippen molar-refractivity contribution in [3.8, 4) is 29.0 Å². The highest BCUT2D eigenvalue weighted by atomic mass is 35.5. The number of nitriles is 1. The molecule has 1 aliphatic heterocycles. The smallest absolute Gasteiger partial charge is 0.408 e. The first-order valence-corrected chi connectivity index (χ1v) is 21.1. The molecule has 310 valence electrons. The first-order chi connectivity index (χ1) is 27.5. The van der Waals surface area contributed by atoms with Crippen LogP contribution in [0.4, 0.5) is 9.93 Å². The number of nitrogens with one attached hydrogen (secondary N) is 3. The van der Waals surface area contributed by atoms with Gasteiger partial charge in [0.2, 0.25) is 11.8 Å². The average Bonchev–Trinajstić information content (AvgIpc) is 3.83. The van der Waals surface area contributed by atoms with E-state index in [4.69, 9.17) is 41.0 Å². The molecule has 15 nitrogen and oxygen atoms in total. The number of carbonyl (C=O) groups is 4. The molecule has 3 aliphatic carbocycles. The molecule has 0 spiro atoms. The molecule has 1 saturated heterocycles. The Bertz CT molecular complexity index is 2140. The lowest BCUT2D eigenvalue weighted by atomic mass is 9.85. The minimum absolute atomic E-state index is 0.0195. The average molecular weight is 836 g/mol. The summed E-state index contributed by atoms with van der Waals surface area (Å²) in [6, 6.07) is 4.92. The molecule has 8 atom stereocenters. The van der Waals surface area contributed by atoms with Gasteiger partial charge in [-0.1, -0.05) is 45.7 Å². The van der Waals surface area contributed by atoms with Gasteiger partial charge in [0.25, 0.3) is 0 Å². The number of aromatic nitrogens is 2. The van der Waals surface area contributed by atoms with Crippen molar-refractivity contribution in [3.05, 3.63) is 28.6 Å². The summed E-state index contributed by atoms with van der Waals surface area (Å²) in [5.74, 6) is -0.729. The topological polar surface area (TPSA) is 205 Å². The Kier molecular flexibility index (Phi) is 11.4. The number of aliphatic carboxylic acids is 1. The van der Waals surface area contributed by atoms with Gasteiger partial charge in [-0.25, -0.2) is 19.6 Å². The number of carboxylic acid groups (broad SMARTS) is 1. The van der Waals surface area contributed by atoms with Crippen molar-refractivity contribution in [1.82, 2.24) is 25.5 Å². The monoisotopic (exact) mass is 835 g/mol. The molecular formula is C41H50ClN7O8S. The van der Waals surface area contributed by atoms with Gasteiger partial charge >= 0.3 is 12.1 Å². The zero-order valence-electron chi connectivity index (χ0n) is 33.5. The van der Waals surface area contributed by atoms with Crippen molar-refractivity contribution in [2.75, 3.05) is 18.5 Å². The molecular weight excluding hydrogens is 786 g/mol. The number of thiazole rings is 1. The fraction of sp³-hybridized carbons (Fsp3) is 0.585. The van der Waals surface area contributed by atoms with E-state index in [0.717, 1.165) is 19.3 Å². The summed E-state index contributed by atoms with van der Waals surface area (Å²) in [7, 11) is 0. The lowest BCUT2D eigenvalue weighted by Gasteiger charge is -2.35. The summed E-state index contributed by atoms with van der Waals surface area (Å²) in [5, 5.41) is 31.4. The molecule has 4 aliphatic rings. The van der Waals surface area contributed by atoms with Gasteiger partial charge in [0, 0.05) is 29.3 Å². The Morgan fingerprint density at radius 2 is 1.83 bits per heavy atom. The van der Waals surface area contributed by atoms with Gasteiger partial charge in [-0.15, -0.1) is 11.3 Å². The number of hydrogen-bond donors (Lipinski definition) is 4. The Morgan fingerprint density at radius 3 is 2.47 bits per heavy atom. The number of fused-ring (bicyclic) bond motifs is 2. The van der Waals surface area contributed by atoms with Crippen molar-refractivity contribution in [3.63, 3.8) is 0 Å². The fourth-order valence-corrected chi connectivity index (χ4v) is 9.50. The van der Waals surface area contributed by atoms with Gasteiger partial charge in [-0.3, -0.25) is 9.59 Å². The zero-order valence-corrected chi connectivity index (χ0v) is 35.0. The molecule has 0 bridgehead atoms. The van der Waals surface area contributed by atoms with Crippen LogP contribution in [0, 0.1) is 34.5 Å². The molecule has 7 rings (SSSR count). The molecule has 4 N–H and O–H groups in total. The number of anilines is 1. The number of hydrogen-bond acceptors (Lipinski definition) is 12. The summed E-state index contributed by atoms with van der Waals surface area (Å²) < 4.78 is 18.0. The maximum absolute atomic E-state index is 14.7. The van der Waals surface area contributed by atoms with Gasteiger partial charge in [0.15, 0.2) is 11.7 Å². The summed E-state index contributed by atoms with van der Waals surface area (Å²) in [5.41, 5.74) is -0.909. The van der Waals surface area contributed by atoms with E-state index in [0.29, 0.717) is 51.4 Å². The molecule has 3 heterocycles. The number of carboxylic acids is 1. The lowest BCUT2D eigenvalue weighted by molar-refractivity contribution is -0.146. The third-order valence-corrected chi connectivity index (χ3v) is 12.8. The van der Waals surface area contributed by atoms with Crippen LogP contribution in [0.15, 0.2) is 23.6 Å². The minimum atomic E-state index is -1.43. The van der Waals surface area contributed by atoms with Gasteiger partial charge in [-0.2, -0.15) is 5.26 Å². The van der Waals surface area contributed by atoms with Crippen molar-refractivity contribution in [1.29, 1.82) is 5.26 Å². The minimum Gasteiger partial charge on any atom is -0.488 e. The molecule has 2 aromatic heterocycles. The predicted molar refractivity (Wildman–Crippen MR) is 217 cm³/mol. The first-order valence-electron chi connectivity index (χ1n) is 19.9. The number of nitrogens with zero attached hydrogens (tertiary/aromatic N) is 4. The number of pyridine rings is 1. The molecule has 1 aromatic carbocycles. The van der Waals surface area contributed by atoms with Crippen LogP contribution in [0.1, 0.15) is 80.1 Å². The number of rotatable bonds is 14. The predicted octanol–water partition coefficient (Wildman–Crippen LogP) is 6.39. The van der Waals surface area contributed by atoms with E-state index >= 15 is 0 Å². The van der Waals surface area contributed by atoms with Crippen LogP contribution in [0.5, 0.6) is 11.5 Å². The van der Waals surface area contributed by atoms with Gasteiger partial charge < -0.3 is 40.2 Å². The maximum Gasteiger partial charge on any atom is 0.408 e. The third-order valence-electron chi connectivity index (χ3n) is 11.6. The quantitative estimate of drug-likeness (QED) is 0.139. The van der Waals surface area contributed by atoms with Crippen LogP contribution < -0.4 is 25.4 Å². The first kappa shape index (κ1) is 41.3. The van der Waals surface area contributed by atoms with Gasteiger partial charge in [-0.05, 0) is 74.8 Å². The second-order valence-corrected chi connectivity index (χ2v) is 18.6. The van der Waals surface area contributed by atoms with E-state index in [1.807, 2.05) is 53.0 Å². The van der Waals surface area contributed by atoms with Crippen LogP contribution in [-0.4, -0.2) is 92.9 Å². The summed E-state index contributed by atoms with van der Waals surface area (Å²) in [6.45, 7) is 11.0. The van der Waals surface area contributed by atoms with E-state index in [-0.39, 0.29) is 54.8 Å². The third kappa shape index (κ3) is 8.47. The summed E-state index contributed by atoms with van der Waals surface area (Å²) in [6.07, 6.45) is 1.99. The Morgan fingerprint density at radius 1 is 1.09 bits per heavy atom. The van der Waals surface area contributed by atoms with Crippen molar-refractivity contribution in [2.24, 2.45) is 23.2 Å². The molecule has 0 radical (unpaired) electrons. The summed E-state index contributed by atoms with van der Waals surface area (Å²) >= 11 is 8.25. The van der Waals surface area contributed by atoms with Crippen LogP contribution >= 0.6 is 22.9 Å². The second kappa shape index (κ2) is 16.1. The number of likely N-dealkylation sites (tertiary alicyclic amines) is 1. The number of carbonyl (C=O) groups excluding carboxylic acids is 3. The Labute approximate surface area is 346 Å². The van der Waals surface area contributed by atoms with Gasteiger partial charge in [0.1, 0.15) is 58.1 Å². The van der Waals surface area contributed by atoms with Crippen molar-refractivity contribution < 1.29 is 38.5 Å². The number of alkyl carbamates (subject to hydrolysis) is 1. The Hall–Kier alpha value is -4.88. The fourth-order valence-electron chi connectivity index (χ4n) is 8.39. The van der Waals surface area contributed by atoms with Crippen LogP contribution in [0.25, 0.3) is 22.3 Å². The molecule has 3 amide bonds. The van der Waals surface area contributed by atoms with Gasteiger partial charge in [0.05, 0.1) is 17.8 Å². The molecule has 3 aromatic rings. The number of halogens is 1. The normalized spacial score (nSPS) is 26.4. The van der Waals surface area contributed by atoms with Crippen molar-refractivity contribution in [2.45, 2.75) is 116 Å². The van der Waals surface area contributed by atoms with E-state index in [1.54, 1.807) is 18.2 Å².